The Labute approximate surface area is 128 Å². The molecule has 0 aliphatic carbocycles. The Morgan fingerprint density at radius 1 is 1.09 bits per heavy atom. The molecule has 2 heterocycles. The van der Waals surface area contributed by atoms with Crippen LogP contribution in [0.1, 0.15) is 32.2 Å². The van der Waals surface area contributed by atoms with Crippen molar-refractivity contribution in [1.82, 2.24) is 19.5 Å². The fourth-order valence-corrected chi connectivity index (χ4v) is 2.26. The number of rotatable bonds is 2. The number of hydrogen-bond acceptors (Lipinski definition) is 5. The normalized spacial score (nSPS) is 12.0. The van der Waals surface area contributed by atoms with E-state index in [1.165, 1.54) is 0 Å². The Balaban J connectivity index is 2.17. The van der Waals surface area contributed by atoms with Crippen molar-refractivity contribution in [3.63, 3.8) is 0 Å². The van der Waals surface area contributed by atoms with Crippen LogP contribution in [0.3, 0.4) is 0 Å². The first kappa shape index (κ1) is 14.3. The van der Waals surface area contributed by atoms with Gasteiger partial charge in [-0.1, -0.05) is 51.1 Å². The molecule has 0 fully saturated rings. The van der Waals surface area contributed by atoms with Gasteiger partial charge in [0.15, 0.2) is 17.0 Å². The van der Waals surface area contributed by atoms with E-state index in [1.54, 1.807) is 4.57 Å². The Morgan fingerprint density at radius 2 is 1.77 bits per heavy atom. The highest BCUT2D eigenvalue weighted by molar-refractivity contribution is 5.83. The molecule has 1 aromatic carbocycles. The molecule has 2 aromatic heterocycles. The van der Waals surface area contributed by atoms with E-state index in [9.17, 15) is 5.11 Å². The molecule has 0 saturated heterocycles. The molecule has 6 nitrogen and oxygen atoms in total. The topological polar surface area (TPSA) is 89.9 Å². The van der Waals surface area contributed by atoms with Gasteiger partial charge in [-0.2, -0.15) is 4.98 Å². The Hall–Kier alpha value is -2.63. The van der Waals surface area contributed by atoms with E-state index in [1.807, 2.05) is 51.1 Å². The number of hydrogen-bond donors (Lipinski definition) is 2. The van der Waals surface area contributed by atoms with Gasteiger partial charge in [0.25, 0.3) is 6.01 Å². The van der Waals surface area contributed by atoms with Gasteiger partial charge in [0.05, 0.1) is 6.54 Å². The van der Waals surface area contributed by atoms with Crippen LogP contribution in [0.2, 0.25) is 0 Å². The summed E-state index contributed by atoms with van der Waals surface area (Å²) in [6.45, 7) is 6.53. The molecule has 114 valence electrons. The third kappa shape index (κ3) is 2.47. The van der Waals surface area contributed by atoms with Crippen molar-refractivity contribution in [2.45, 2.75) is 32.7 Å². The first-order valence-electron chi connectivity index (χ1n) is 7.13. The van der Waals surface area contributed by atoms with Crippen LogP contribution in [0, 0.1) is 0 Å². The molecule has 0 bridgehead atoms. The second kappa shape index (κ2) is 4.98. The van der Waals surface area contributed by atoms with Crippen LogP contribution in [-0.4, -0.2) is 24.6 Å². The summed E-state index contributed by atoms with van der Waals surface area (Å²) in [6.07, 6.45) is 0. The summed E-state index contributed by atoms with van der Waals surface area (Å²) in [6, 6.07) is 9.73. The van der Waals surface area contributed by atoms with E-state index in [2.05, 4.69) is 15.0 Å². The lowest BCUT2D eigenvalue weighted by Crippen LogP contribution is -2.17. The van der Waals surface area contributed by atoms with Crippen molar-refractivity contribution < 1.29 is 5.11 Å². The maximum atomic E-state index is 10.1. The highest BCUT2D eigenvalue weighted by Crippen LogP contribution is 2.27. The molecule has 0 atom stereocenters. The first-order chi connectivity index (χ1) is 10.4. The van der Waals surface area contributed by atoms with Gasteiger partial charge in [0.1, 0.15) is 5.82 Å². The smallest absolute Gasteiger partial charge is 0.296 e. The summed E-state index contributed by atoms with van der Waals surface area (Å²) in [7, 11) is 0. The number of nitrogen functional groups attached to an aromatic ring is 1. The summed E-state index contributed by atoms with van der Waals surface area (Å²) in [5.74, 6) is 0.920. The number of benzene rings is 1. The summed E-state index contributed by atoms with van der Waals surface area (Å²) in [5, 5.41) is 10.1. The lowest BCUT2D eigenvalue weighted by molar-refractivity contribution is 0.408. The molecule has 6 heteroatoms. The second-order valence-corrected chi connectivity index (χ2v) is 6.34. The van der Waals surface area contributed by atoms with Gasteiger partial charge in [-0.3, -0.25) is 4.57 Å². The first-order valence-corrected chi connectivity index (χ1v) is 7.13. The summed E-state index contributed by atoms with van der Waals surface area (Å²) >= 11 is 0. The molecule has 3 N–H and O–H groups in total. The fourth-order valence-electron chi connectivity index (χ4n) is 2.26. The quantitative estimate of drug-likeness (QED) is 0.758. The predicted octanol–water partition coefficient (Wildman–Crippen LogP) is 2.46. The Morgan fingerprint density at radius 3 is 2.41 bits per heavy atom. The molecule has 0 aliphatic rings. The standard InChI is InChI=1S/C16H19N5O/c1-16(2,3)14-19-12(17)11-13(20-14)21(15(22)18-11)9-10-7-5-4-6-8-10/h4-8H,9H2,1-3H3,(H,18,22)(H2,17,19,20). The number of nitrogens with two attached hydrogens (primary N) is 1. The van der Waals surface area contributed by atoms with Crippen LogP contribution >= 0.6 is 0 Å². The molecular weight excluding hydrogens is 278 g/mol. The number of aromatic nitrogens is 4. The average Bonchev–Trinajstić information content (AvgIpc) is 2.77. The minimum absolute atomic E-state index is 0.106. The van der Waals surface area contributed by atoms with Gasteiger partial charge in [-0.15, -0.1) is 0 Å². The average molecular weight is 297 g/mol. The van der Waals surface area contributed by atoms with Gasteiger partial charge < -0.3 is 10.8 Å². The molecule has 3 aromatic rings. The molecule has 0 unspecified atom stereocenters. The summed E-state index contributed by atoms with van der Waals surface area (Å²) in [5.41, 5.74) is 7.79. The van der Waals surface area contributed by atoms with Gasteiger partial charge >= 0.3 is 0 Å². The summed E-state index contributed by atoms with van der Waals surface area (Å²) < 4.78 is 1.65. The van der Waals surface area contributed by atoms with Crippen LogP contribution in [0.25, 0.3) is 11.2 Å². The van der Waals surface area contributed by atoms with Gasteiger partial charge in [0, 0.05) is 5.41 Å². The fraction of sp³-hybridized carbons (Fsp3) is 0.312. The maximum Gasteiger partial charge on any atom is 0.296 e. The van der Waals surface area contributed by atoms with Crippen molar-refractivity contribution in [1.29, 1.82) is 0 Å². The number of imidazole rings is 1. The van der Waals surface area contributed by atoms with Crippen LogP contribution in [0.5, 0.6) is 6.01 Å². The lowest BCUT2D eigenvalue weighted by Gasteiger charge is -2.17. The van der Waals surface area contributed by atoms with Crippen molar-refractivity contribution in [3.05, 3.63) is 41.7 Å². The van der Waals surface area contributed by atoms with E-state index >= 15 is 0 Å². The van der Waals surface area contributed by atoms with E-state index in [-0.39, 0.29) is 17.2 Å². The van der Waals surface area contributed by atoms with E-state index in [4.69, 9.17) is 5.73 Å². The van der Waals surface area contributed by atoms with E-state index < -0.39 is 0 Å². The minimum atomic E-state index is -0.236. The van der Waals surface area contributed by atoms with Gasteiger partial charge in [-0.05, 0) is 5.56 Å². The number of aromatic hydroxyl groups is 1. The molecule has 0 radical (unpaired) electrons. The van der Waals surface area contributed by atoms with Gasteiger partial charge in [-0.25, -0.2) is 9.97 Å². The molecule has 0 spiro atoms. The zero-order chi connectivity index (χ0) is 15.9. The molecule has 0 aliphatic heterocycles. The van der Waals surface area contributed by atoms with Gasteiger partial charge in [0.2, 0.25) is 0 Å². The minimum Gasteiger partial charge on any atom is -0.480 e. The molecule has 3 rings (SSSR count). The highest BCUT2D eigenvalue weighted by Gasteiger charge is 2.22. The van der Waals surface area contributed by atoms with E-state index in [0.717, 1.165) is 5.56 Å². The molecular formula is C16H19N5O. The van der Waals surface area contributed by atoms with Crippen molar-refractivity contribution in [2.75, 3.05) is 5.73 Å². The third-order valence-electron chi connectivity index (χ3n) is 3.46. The van der Waals surface area contributed by atoms with Crippen LogP contribution in [0.15, 0.2) is 30.3 Å². The van der Waals surface area contributed by atoms with Crippen molar-refractivity contribution in [3.8, 4) is 6.01 Å². The third-order valence-corrected chi connectivity index (χ3v) is 3.46. The number of nitrogens with zero attached hydrogens (tertiary/aromatic N) is 4. The molecule has 22 heavy (non-hydrogen) atoms. The molecule has 0 saturated carbocycles. The van der Waals surface area contributed by atoms with Crippen molar-refractivity contribution in [2.24, 2.45) is 0 Å². The predicted molar refractivity (Wildman–Crippen MR) is 85.6 cm³/mol. The zero-order valence-corrected chi connectivity index (χ0v) is 12.9. The van der Waals surface area contributed by atoms with Crippen molar-refractivity contribution >= 4 is 17.0 Å². The monoisotopic (exact) mass is 297 g/mol. The Bertz CT molecular complexity index is 818. The highest BCUT2D eigenvalue weighted by atomic mass is 16.3. The largest absolute Gasteiger partial charge is 0.480 e. The lowest BCUT2D eigenvalue weighted by atomic mass is 9.96. The SMILES string of the molecule is CC(C)(C)c1nc(N)c2nc(O)n(Cc3ccccc3)c2n1. The second-order valence-electron chi connectivity index (χ2n) is 6.34. The molecule has 0 amide bonds. The van der Waals surface area contributed by atoms with Crippen LogP contribution in [0.4, 0.5) is 5.82 Å². The Kier molecular flexibility index (Phi) is 3.24. The van der Waals surface area contributed by atoms with Crippen LogP contribution < -0.4 is 5.73 Å². The number of fused-ring (bicyclic) bond motifs is 1. The maximum absolute atomic E-state index is 10.1. The van der Waals surface area contributed by atoms with Crippen LogP contribution in [-0.2, 0) is 12.0 Å². The van der Waals surface area contributed by atoms with E-state index in [0.29, 0.717) is 23.5 Å². The number of anilines is 1. The summed E-state index contributed by atoms with van der Waals surface area (Å²) in [4.78, 5) is 13.0. The zero-order valence-electron chi connectivity index (χ0n) is 12.9.